The van der Waals surface area contributed by atoms with Gasteiger partial charge < -0.3 is 20.1 Å². The summed E-state index contributed by atoms with van der Waals surface area (Å²) in [5.41, 5.74) is 0. The molecule has 0 aromatic rings. The first-order valence-corrected chi connectivity index (χ1v) is 6.95. The fourth-order valence-corrected chi connectivity index (χ4v) is 2.41. The number of nitrogens with zero attached hydrogens (tertiary/aromatic N) is 1. The lowest BCUT2D eigenvalue weighted by Crippen LogP contribution is -2.46. The van der Waals surface area contributed by atoms with Crippen molar-refractivity contribution in [2.24, 2.45) is 0 Å². The van der Waals surface area contributed by atoms with E-state index >= 15 is 0 Å². The molecule has 0 spiro atoms. The van der Waals surface area contributed by atoms with Crippen LogP contribution in [0.5, 0.6) is 0 Å². The Morgan fingerprint density at radius 3 is 2.72 bits per heavy atom. The van der Waals surface area contributed by atoms with Gasteiger partial charge in [-0.05, 0) is 12.8 Å². The summed E-state index contributed by atoms with van der Waals surface area (Å²) in [6.07, 6.45) is 2.23. The maximum Gasteiger partial charge on any atom is 0.225 e. The number of aliphatic hydroxyl groups excluding tert-OH is 1. The first-order valence-electron chi connectivity index (χ1n) is 6.95. The Labute approximate surface area is 109 Å². The molecule has 0 aromatic heterocycles. The van der Waals surface area contributed by atoms with E-state index in [0.717, 1.165) is 25.9 Å². The Bertz CT molecular complexity index is 238. The first-order chi connectivity index (χ1) is 8.72. The number of rotatable bonds is 7. The van der Waals surface area contributed by atoms with Gasteiger partial charge >= 0.3 is 0 Å². The van der Waals surface area contributed by atoms with Gasteiger partial charge in [0.05, 0.1) is 25.7 Å². The number of ether oxygens (including phenoxy) is 1. The normalized spacial score (nSPS) is 20.1. The summed E-state index contributed by atoms with van der Waals surface area (Å²) in [5, 5.41) is 12.3. The number of nitrogens with one attached hydrogen (secondary N) is 1. The van der Waals surface area contributed by atoms with Crippen molar-refractivity contribution in [3.05, 3.63) is 0 Å². The minimum Gasteiger partial charge on any atom is -0.395 e. The van der Waals surface area contributed by atoms with Crippen molar-refractivity contribution < 1.29 is 14.6 Å². The molecular formula is C13H26N2O3. The zero-order valence-corrected chi connectivity index (χ0v) is 11.5. The highest BCUT2D eigenvalue weighted by Gasteiger charge is 2.24. The Balaban J connectivity index is 2.52. The van der Waals surface area contributed by atoms with Crippen molar-refractivity contribution in [3.8, 4) is 0 Å². The smallest absolute Gasteiger partial charge is 0.225 e. The highest BCUT2D eigenvalue weighted by atomic mass is 16.5. The molecule has 5 heteroatoms. The molecule has 1 aliphatic heterocycles. The topological polar surface area (TPSA) is 61.8 Å². The monoisotopic (exact) mass is 258 g/mol. The van der Waals surface area contributed by atoms with Crippen molar-refractivity contribution in [3.63, 3.8) is 0 Å². The lowest BCUT2D eigenvalue weighted by atomic mass is 10.1. The van der Waals surface area contributed by atoms with Gasteiger partial charge in [-0.25, -0.2) is 0 Å². The number of amides is 1. The molecule has 1 heterocycles. The molecule has 0 saturated carbocycles. The number of carbonyl (C=O) groups excluding carboxylic acids is 1. The molecule has 1 amide bonds. The van der Waals surface area contributed by atoms with Crippen molar-refractivity contribution >= 4 is 5.91 Å². The van der Waals surface area contributed by atoms with Gasteiger partial charge in [0.2, 0.25) is 5.91 Å². The SMILES string of the molecule is CCC(CC)N(CCO)C(=O)CC1CNCCO1. The molecule has 0 radical (unpaired) electrons. The van der Waals surface area contributed by atoms with E-state index in [2.05, 4.69) is 19.2 Å². The Morgan fingerprint density at radius 2 is 2.22 bits per heavy atom. The van der Waals surface area contributed by atoms with Gasteiger partial charge in [0.1, 0.15) is 0 Å². The molecule has 1 unspecified atom stereocenters. The van der Waals surface area contributed by atoms with Crippen LogP contribution in [-0.4, -0.2) is 60.9 Å². The van der Waals surface area contributed by atoms with Crippen molar-refractivity contribution in [1.82, 2.24) is 10.2 Å². The van der Waals surface area contributed by atoms with Crippen LogP contribution in [0.25, 0.3) is 0 Å². The zero-order valence-electron chi connectivity index (χ0n) is 11.5. The summed E-state index contributed by atoms with van der Waals surface area (Å²) < 4.78 is 5.55. The van der Waals surface area contributed by atoms with E-state index in [4.69, 9.17) is 9.84 Å². The third-order valence-corrected chi connectivity index (χ3v) is 3.45. The minimum absolute atomic E-state index is 0.0199. The Morgan fingerprint density at radius 1 is 1.50 bits per heavy atom. The van der Waals surface area contributed by atoms with Crippen LogP contribution in [0.2, 0.25) is 0 Å². The molecule has 0 bridgehead atoms. The van der Waals surface area contributed by atoms with E-state index in [1.165, 1.54) is 0 Å². The van der Waals surface area contributed by atoms with Crippen LogP contribution < -0.4 is 5.32 Å². The zero-order chi connectivity index (χ0) is 13.4. The summed E-state index contributed by atoms with van der Waals surface area (Å²) >= 11 is 0. The lowest BCUT2D eigenvalue weighted by Gasteiger charge is -2.32. The molecule has 1 rings (SSSR count). The largest absolute Gasteiger partial charge is 0.395 e. The maximum absolute atomic E-state index is 12.3. The quantitative estimate of drug-likeness (QED) is 0.693. The molecule has 0 aromatic carbocycles. The van der Waals surface area contributed by atoms with Gasteiger partial charge in [0.25, 0.3) is 0 Å². The highest BCUT2D eigenvalue weighted by molar-refractivity contribution is 5.77. The van der Waals surface area contributed by atoms with Crippen molar-refractivity contribution in [1.29, 1.82) is 0 Å². The number of aliphatic hydroxyl groups is 1. The van der Waals surface area contributed by atoms with Gasteiger partial charge in [-0.1, -0.05) is 13.8 Å². The van der Waals surface area contributed by atoms with Gasteiger partial charge in [0.15, 0.2) is 0 Å². The second kappa shape index (κ2) is 8.45. The third kappa shape index (κ3) is 4.55. The maximum atomic E-state index is 12.3. The Hall–Kier alpha value is -0.650. The van der Waals surface area contributed by atoms with Gasteiger partial charge in [-0.3, -0.25) is 4.79 Å². The van der Waals surface area contributed by atoms with Crippen LogP contribution in [0.15, 0.2) is 0 Å². The number of morpholine rings is 1. The van der Waals surface area contributed by atoms with E-state index in [0.29, 0.717) is 19.6 Å². The van der Waals surface area contributed by atoms with E-state index < -0.39 is 0 Å². The van der Waals surface area contributed by atoms with E-state index in [1.54, 1.807) is 4.90 Å². The Kier molecular flexibility index (Phi) is 7.23. The molecule has 18 heavy (non-hydrogen) atoms. The fourth-order valence-electron chi connectivity index (χ4n) is 2.41. The van der Waals surface area contributed by atoms with Crippen LogP contribution in [0.1, 0.15) is 33.1 Å². The molecule has 2 N–H and O–H groups in total. The number of hydrogen-bond acceptors (Lipinski definition) is 4. The van der Waals surface area contributed by atoms with Crippen LogP contribution in [-0.2, 0) is 9.53 Å². The molecular weight excluding hydrogens is 232 g/mol. The summed E-state index contributed by atoms with van der Waals surface area (Å²) in [4.78, 5) is 14.1. The van der Waals surface area contributed by atoms with Crippen molar-refractivity contribution in [2.45, 2.75) is 45.3 Å². The fraction of sp³-hybridized carbons (Fsp3) is 0.923. The standard InChI is InChI=1S/C13H26N2O3/c1-3-11(4-2)15(6-7-16)13(17)9-12-10-14-5-8-18-12/h11-12,14,16H,3-10H2,1-2H3. The highest BCUT2D eigenvalue weighted by Crippen LogP contribution is 2.12. The predicted molar refractivity (Wildman–Crippen MR) is 70.4 cm³/mol. The third-order valence-electron chi connectivity index (χ3n) is 3.45. The summed E-state index contributed by atoms with van der Waals surface area (Å²) in [7, 11) is 0. The molecule has 1 fully saturated rings. The minimum atomic E-state index is -0.0261. The average Bonchev–Trinajstić information content (AvgIpc) is 2.40. The van der Waals surface area contributed by atoms with E-state index in [-0.39, 0.29) is 24.7 Å². The number of hydrogen-bond donors (Lipinski definition) is 2. The van der Waals surface area contributed by atoms with Crippen LogP contribution in [0, 0.1) is 0 Å². The van der Waals surface area contributed by atoms with Crippen molar-refractivity contribution in [2.75, 3.05) is 32.8 Å². The molecule has 1 saturated heterocycles. The van der Waals surface area contributed by atoms with Gasteiger partial charge in [-0.15, -0.1) is 0 Å². The summed E-state index contributed by atoms with van der Waals surface area (Å²) in [6, 6.07) is 0.223. The van der Waals surface area contributed by atoms with Crippen LogP contribution in [0.3, 0.4) is 0 Å². The summed E-state index contributed by atoms with van der Waals surface area (Å²) in [6.45, 7) is 6.86. The summed E-state index contributed by atoms with van der Waals surface area (Å²) in [5.74, 6) is 0.0893. The molecule has 106 valence electrons. The average molecular weight is 258 g/mol. The molecule has 5 nitrogen and oxygen atoms in total. The first kappa shape index (κ1) is 15.4. The second-order valence-corrected chi connectivity index (χ2v) is 4.68. The number of carbonyl (C=O) groups is 1. The molecule has 1 atom stereocenters. The molecule has 1 aliphatic rings. The molecule has 0 aliphatic carbocycles. The predicted octanol–water partition coefficient (Wildman–Crippen LogP) is 0.374. The lowest BCUT2D eigenvalue weighted by molar-refractivity contribution is -0.137. The van der Waals surface area contributed by atoms with Crippen LogP contribution >= 0.6 is 0 Å². The second-order valence-electron chi connectivity index (χ2n) is 4.68. The van der Waals surface area contributed by atoms with E-state index in [9.17, 15) is 4.79 Å². The van der Waals surface area contributed by atoms with Gasteiger partial charge in [0, 0.05) is 25.7 Å². The van der Waals surface area contributed by atoms with E-state index in [1.807, 2.05) is 0 Å². The van der Waals surface area contributed by atoms with Crippen LogP contribution in [0.4, 0.5) is 0 Å². The van der Waals surface area contributed by atoms with Gasteiger partial charge in [-0.2, -0.15) is 0 Å².